The molecular formula is C17H23BrN2O3. The molecule has 1 atom stereocenters. The summed E-state index contributed by atoms with van der Waals surface area (Å²) in [5, 5.41) is 4.20. The summed E-state index contributed by atoms with van der Waals surface area (Å²) in [6.45, 7) is 5.69. The second-order valence-corrected chi connectivity index (χ2v) is 6.13. The van der Waals surface area contributed by atoms with Crippen LogP contribution in [-0.4, -0.2) is 42.3 Å². The first kappa shape index (κ1) is 18.1. The number of nitrogens with zero attached hydrogens (tertiary/aromatic N) is 2. The van der Waals surface area contributed by atoms with Gasteiger partial charge < -0.3 is 14.2 Å². The average Bonchev–Trinajstić information content (AvgIpc) is 2.96. The quantitative estimate of drug-likeness (QED) is 0.559. The van der Waals surface area contributed by atoms with Gasteiger partial charge in [0.2, 0.25) is 0 Å². The molecule has 0 unspecified atom stereocenters. The smallest absolute Gasteiger partial charge is 0.0744 e. The van der Waals surface area contributed by atoms with E-state index in [1.165, 1.54) is 5.56 Å². The van der Waals surface area contributed by atoms with Gasteiger partial charge in [-0.2, -0.15) is 5.10 Å². The molecule has 0 bridgehead atoms. The van der Waals surface area contributed by atoms with Gasteiger partial charge in [0.15, 0.2) is 0 Å². The minimum absolute atomic E-state index is 0.0970. The van der Waals surface area contributed by atoms with Crippen LogP contribution in [0.25, 0.3) is 0 Å². The van der Waals surface area contributed by atoms with E-state index in [4.69, 9.17) is 14.2 Å². The molecule has 1 aromatic heterocycles. The summed E-state index contributed by atoms with van der Waals surface area (Å²) in [6.07, 6.45) is 3.80. The van der Waals surface area contributed by atoms with Gasteiger partial charge in [-0.25, -0.2) is 0 Å². The summed E-state index contributed by atoms with van der Waals surface area (Å²) in [6, 6.07) is 10.1. The van der Waals surface area contributed by atoms with E-state index in [1.54, 1.807) is 6.20 Å². The molecule has 5 nitrogen and oxygen atoms in total. The fourth-order valence-electron chi connectivity index (χ4n) is 2.05. The predicted octanol–water partition coefficient (Wildman–Crippen LogP) is 3.28. The lowest BCUT2D eigenvalue weighted by Crippen LogP contribution is -2.19. The summed E-state index contributed by atoms with van der Waals surface area (Å²) >= 11 is 3.37. The van der Waals surface area contributed by atoms with Gasteiger partial charge in [0.05, 0.1) is 56.4 Å². The molecule has 0 fully saturated rings. The Labute approximate surface area is 145 Å². The summed E-state index contributed by atoms with van der Waals surface area (Å²) in [4.78, 5) is 0. The van der Waals surface area contributed by atoms with Crippen LogP contribution < -0.4 is 0 Å². The second-order valence-electron chi connectivity index (χ2n) is 5.21. The lowest BCUT2D eigenvalue weighted by molar-refractivity contribution is -0.0133. The Morgan fingerprint density at radius 3 is 2.57 bits per heavy atom. The highest BCUT2D eigenvalue weighted by atomic mass is 79.9. The van der Waals surface area contributed by atoms with E-state index in [0.717, 1.165) is 11.0 Å². The van der Waals surface area contributed by atoms with Crippen LogP contribution >= 0.6 is 15.9 Å². The first-order valence-corrected chi connectivity index (χ1v) is 8.52. The van der Waals surface area contributed by atoms with Gasteiger partial charge >= 0.3 is 0 Å². The molecule has 2 rings (SSSR count). The molecule has 0 radical (unpaired) electrons. The Kier molecular flexibility index (Phi) is 8.31. The van der Waals surface area contributed by atoms with E-state index in [0.29, 0.717) is 33.0 Å². The minimum atomic E-state index is 0.0970. The van der Waals surface area contributed by atoms with Crippen molar-refractivity contribution in [3.8, 4) is 0 Å². The van der Waals surface area contributed by atoms with Crippen LogP contribution in [0.3, 0.4) is 0 Å². The molecule has 0 N–H and O–H groups in total. The molecule has 0 saturated heterocycles. The van der Waals surface area contributed by atoms with Crippen molar-refractivity contribution < 1.29 is 14.2 Å². The highest BCUT2D eigenvalue weighted by Gasteiger charge is 2.04. The SMILES string of the molecule is C[C@H](Cn1cc(Br)cn1)OCCOCCOCc1ccccc1. The van der Waals surface area contributed by atoms with Crippen molar-refractivity contribution in [2.24, 2.45) is 0 Å². The lowest BCUT2D eigenvalue weighted by atomic mass is 10.2. The predicted molar refractivity (Wildman–Crippen MR) is 92.3 cm³/mol. The fourth-order valence-corrected chi connectivity index (χ4v) is 2.37. The maximum absolute atomic E-state index is 5.69. The van der Waals surface area contributed by atoms with Crippen molar-refractivity contribution in [3.63, 3.8) is 0 Å². The topological polar surface area (TPSA) is 45.5 Å². The molecule has 0 saturated carbocycles. The summed E-state index contributed by atoms with van der Waals surface area (Å²) in [5.41, 5.74) is 1.18. The Bertz CT molecular complexity index is 548. The number of rotatable bonds is 11. The normalized spacial score (nSPS) is 12.4. The summed E-state index contributed by atoms with van der Waals surface area (Å²) in [7, 11) is 0. The van der Waals surface area contributed by atoms with Gasteiger partial charge in [-0.3, -0.25) is 4.68 Å². The minimum Gasteiger partial charge on any atom is -0.377 e. The van der Waals surface area contributed by atoms with Gasteiger partial charge in [0, 0.05) is 6.20 Å². The number of ether oxygens (including phenoxy) is 3. The van der Waals surface area contributed by atoms with Gasteiger partial charge in [0.25, 0.3) is 0 Å². The third-order valence-corrected chi connectivity index (χ3v) is 3.57. The molecule has 0 spiro atoms. The Morgan fingerprint density at radius 1 is 1.09 bits per heavy atom. The number of hydrogen-bond acceptors (Lipinski definition) is 4. The molecule has 6 heteroatoms. The van der Waals surface area contributed by atoms with E-state index >= 15 is 0 Å². The maximum atomic E-state index is 5.69. The molecule has 1 heterocycles. The van der Waals surface area contributed by atoms with Crippen LogP contribution in [0.2, 0.25) is 0 Å². The number of aromatic nitrogens is 2. The Hall–Kier alpha value is -1.21. The van der Waals surface area contributed by atoms with E-state index in [2.05, 4.69) is 21.0 Å². The van der Waals surface area contributed by atoms with Crippen LogP contribution in [-0.2, 0) is 27.4 Å². The van der Waals surface area contributed by atoms with E-state index in [9.17, 15) is 0 Å². The molecule has 126 valence electrons. The second kappa shape index (κ2) is 10.5. The standard InChI is InChI=1S/C17H23BrN2O3/c1-15(12-20-13-17(18)11-19-20)23-10-9-21-7-8-22-14-16-5-3-2-4-6-16/h2-6,11,13,15H,7-10,12,14H2,1H3/t15-/m1/s1. The van der Waals surface area contributed by atoms with Crippen molar-refractivity contribution in [3.05, 3.63) is 52.8 Å². The maximum Gasteiger partial charge on any atom is 0.0744 e. The molecule has 0 aliphatic heterocycles. The van der Waals surface area contributed by atoms with Crippen molar-refractivity contribution in [1.82, 2.24) is 9.78 Å². The zero-order valence-corrected chi connectivity index (χ0v) is 14.9. The van der Waals surface area contributed by atoms with Gasteiger partial charge in [0.1, 0.15) is 0 Å². The number of benzene rings is 1. The van der Waals surface area contributed by atoms with E-state index in [1.807, 2.05) is 48.1 Å². The third kappa shape index (κ3) is 7.74. The van der Waals surface area contributed by atoms with Crippen molar-refractivity contribution in [2.45, 2.75) is 26.2 Å². The Balaban J connectivity index is 1.43. The van der Waals surface area contributed by atoms with Crippen molar-refractivity contribution in [1.29, 1.82) is 0 Å². The number of halogens is 1. The van der Waals surface area contributed by atoms with Crippen molar-refractivity contribution in [2.75, 3.05) is 26.4 Å². The molecule has 0 aliphatic rings. The number of hydrogen-bond donors (Lipinski definition) is 0. The lowest BCUT2D eigenvalue weighted by Gasteiger charge is -2.13. The highest BCUT2D eigenvalue weighted by molar-refractivity contribution is 9.10. The molecule has 1 aromatic carbocycles. The average molecular weight is 383 g/mol. The molecule has 2 aromatic rings. The third-order valence-electron chi connectivity index (χ3n) is 3.16. The van der Waals surface area contributed by atoms with Crippen LogP contribution in [0.5, 0.6) is 0 Å². The zero-order chi connectivity index (χ0) is 16.3. The zero-order valence-electron chi connectivity index (χ0n) is 13.4. The van der Waals surface area contributed by atoms with Crippen LogP contribution in [0.1, 0.15) is 12.5 Å². The first-order valence-electron chi connectivity index (χ1n) is 7.73. The van der Waals surface area contributed by atoms with Crippen LogP contribution in [0.4, 0.5) is 0 Å². The monoisotopic (exact) mass is 382 g/mol. The van der Waals surface area contributed by atoms with Crippen LogP contribution in [0.15, 0.2) is 47.2 Å². The summed E-state index contributed by atoms with van der Waals surface area (Å²) < 4.78 is 19.6. The molecule has 0 aliphatic carbocycles. The summed E-state index contributed by atoms with van der Waals surface area (Å²) in [5.74, 6) is 0. The van der Waals surface area contributed by atoms with Gasteiger partial charge in [-0.05, 0) is 28.4 Å². The Morgan fingerprint density at radius 2 is 1.83 bits per heavy atom. The molecular weight excluding hydrogens is 360 g/mol. The highest BCUT2D eigenvalue weighted by Crippen LogP contribution is 2.07. The van der Waals surface area contributed by atoms with E-state index < -0.39 is 0 Å². The largest absolute Gasteiger partial charge is 0.377 e. The van der Waals surface area contributed by atoms with Gasteiger partial charge in [-0.1, -0.05) is 30.3 Å². The van der Waals surface area contributed by atoms with Crippen molar-refractivity contribution >= 4 is 15.9 Å². The van der Waals surface area contributed by atoms with E-state index in [-0.39, 0.29) is 6.10 Å². The van der Waals surface area contributed by atoms with Gasteiger partial charge in [-0.15, -0.1) is 0 Å². The van der Waals surface area contributed by atoms with Crippen LogP contribution in [0, 0.1) is 0 Å². The first-order chi connectivity index (χ1) is 11.2. The molecule has 0 amide bonds. The molecule has 23 heavy (non-hydrogen) atoms. The fraction of sp³-hybridized carbons (Fsp3) is 0.471.